The molecule has 0 saturated carbocycles. The van der Waals surface area contributed by atoms with Crippen LogP contribution in [0.15, 0.2) is 17.0 Å². The first-order valence-electron chi connectivity index (χ1n) is 6.19. The molecule has 4 nitrogen and oxygen atoms in total. The van der Waals surface area contributed by atoms with E-state index in [1.54, 1.807) is 7.05 Å². The quantitative estimate of drug-likeness (QED) is 0.852. The molecule has 2 rings (SSSR count). The fraction of sp³-hybridized carbons (Fsp3) is 0.500. The van der Waals surface area contributed by atoms with Crippen LogP contribution in [0.1, 0.15) is 12.8 Å². The summed E-state index contributed by atoms with van der Waals surface area (Å²) in [4.78, 5) is -0.826. The Labute approximate surface area is 127 Å². The molecule has 1 aromatic rings. The average Bonchev–Trinajstić information content (AvgIpc) is 2.44. The largest absolute Gasteiger partial charge is 0.316 e. The van der Waals surface area contributed by atoms with Gasteiger partial charge in [0.25, 0.3) is 0 Å². The molecule has 0 aliphatic carbocycles. The smallest absolute Gasteiger partial charge is 0.246 e. The Hall–Kier alpha value is -0.830. The van der Waals surface area contributed by atoms with Crippen molar-refractivity contribution in [2.45, 2.75) is 23.8 Å². The monoisotopic (exact) mass is 344 g/mol. The van der Waals surface area contributed by atoms with E-state index in [-0.39, 0.29) is 31.5 Å². The van der Waals surface area contributed by atoms with Crippen LogP contribution in [0.25, 0.3) is 0 Å². The number of likely N-dealkylation sites (N-methyl/N-ethyl adjacent to an activating group) is 1. The SMILES string of the molecule is CNC1CCCN(S(=O)(=O)c2ccc(F)c(F)c2F)C1.Cl. The molecule has 1 saturated heterocycles. The Kier molecular flexibility index (Phi) is 6.03. The van der Waals surface area contributed by atoms with Gasteiger partial charge in [-0.2, -0.15) is 4.31 Å². The van der Waals surface area contributed by atoms with Crippen LogP contribution in [0.2, 0.25) is 0 Å². The van der Waals surface area contributed by atoms with E-state index >= 15 is 0 Å². The third-order valence-corrected chi connectivity index (χ3v) is 5.29. The third-order valence-electron chi connectivity index (χ3n) is 3.41. The van der Waals surface area contributed by atoms with Gasteiger partial charge in [0.1, 0.15) is 4.90 Å². The molecule has 1 heterocycles. The Balaban J connectivity index is 0.00000220. The molecule has 1 unspecified atom stereocenters. The normalized spacial score (nSPS) is 20.1. The second-order valence-electron chi connectivity index (χ2n) is 4.66. The van der Waals surface area contributed by atoms with Crippen LogP contribution in [0, 0.1) is 17.5 Å². The van der Waals surface area contributed by atoms with Crippen molar-refractivity contribution < 1.29 is 21.6 Å². The number of benzene rings is 1. The van der Waals surface area contributed by atoms with Gasteiger partial charge in [0.2, 0.25) is 10.0 Å². The number of hydrogen-bond acceptors (Lipinski definition) is 3. The summed E-state index contributed by atoms with van der Waals surface area (Å²) in [6.07, 6.45) is 1.43. The van der Waals surface area contributed by atoms with E-state index in [1.165, 1.54) is 0 Å². The number of rotatable bonds is 3. The van der Waals surface area contributed by atoms with Crippen LogP contribution < -0.4 is 5.32 Å². The van der Waals surface area contributed by atoms with E-state index in [4.69, 9.17) is 0 Å². The summed E-state index contributed by atoms with van der Waals surface area (Å²) in [5, 5.41) is 2.96. The lowest BCUT2D eigenvalue weighted by atomic mass is 10.1. The van der Waals surface area contributed by atoms with Gasteiger partial charge in [-0.1, -0.05) is 0 Å². The minimum Gasteiger partial charge on any atom is -0.316 e. The molecule has 9 heteroatoms. The van der Waals surface area contributed by atoms with Crippen LogP contribution in [-0.4, -0.2) is 38.9 Å². The van der Waals surface area contributed by atoms with E-state index in [0.717, 1.165) is 16.8 Å². The molecule has 0 spiro atoms. The summed E-state index contributed by atoms with van der Waals surface area (Å²) < 4.78 is 65.4. The Morgan fingerprint density at radius 2 is 1.90 bits per heavy atom. The molecule has 1 fully saturated rings. The van der Waals surface area contributed by atoms with Crippen LogP contribution in [0.4, 0.5) is 13.2 Å². The standard InChI is InChI=1S/C12H15F3N2O2S.ClH/c1-16-8-3-2-6-17(7-8)20(18,19)10-5-4-9(13)11(14)12(10)15;/h4-5,8,16H,2-3,6-7H2,1H3;1H. The molecule has 0 amide bonds. The summed E-state index contributed by atoms with van der Waals surface area (Å²) in [7, 11) is -2.46. The van der Waals surface area contributed by atoms with Gasteiger partial charge < -0.3 is 5.32 Å². The number of nitrogens with one attached hydrogen (secondary N) is 1. The second-order valence-corrected chi connectivity index (χ2v) is 6.57. The molecule has 0 radical (unpaired) electrons. The molecule has 21 heavy (non-hydrogen) atoms. The Morgan fingerprint density at radius 3 is 2.52 bits per heavy atom. The highest BCUT2D eigenvalue weighted by molar-refractivity contribution is 7.89. The zero-order chi connectivity index (χ0) is 14.9. The number of hydrogen-bond donors (Lipinski definition) is 1. The topological polar surface area (TPSA) is 49.4 Å². The van der Waals surface area contributed by atoms with Crippen LogP contribution in [0.3, 0.4) is 0 Å². The Bertz CT molecular complexity index is 613. The third kappa shape index (κ3) is 3.50. The maximum Gasteiger partial charge on any atom is 0.246 e. The predicted molar refractivity (Wildman–Crippen MR) is 74.4 cm³/mol. The van der Waals surface area contributed by atoms with Gasteiger partial charge in [-0.3, -0.25) is 0 Å². The molecular formula is C12H16ClF3N2O2S. The molecule has 1 N–H and O–H groups in total. The zero-order valence-corrected chi connectivity index (χ0v) is 12.9. The first kappa shape index (κ1) is 18.2. The summed E-state index contributed by atoms with van der Waals surface area (Å²) in [6, 6.07) is 1.34. The number of piperidine rings is 1. The minimum atomic E-state index is -4.16. The predicted octanol–water partition coefficient (Wildman–Crippen LogP) is 1.90. The molecule has 1 aliphatic rings. The highest BCUT2D eigenvalue weighted by Gasteiger charge is 2.33. The summed E-state index contributed by atoms with van der Waals surface area (Å²) in [5.74, 6) is -4.85. The van der Waals surface area contributed by atoms with Gasteiger partial charge >= 0.3 is 0 Å². The van der Waals surface area contributed by atoms with Gasteiger partial charge in [-0.25, -0.2) is 21.6 Å². The first-order chi connectivity index (χ1) is 9.37. The van der Waals surface area contributed by atoms with Gasteiger partial charge in [-0.15, -0.1) is 12.4 Å². The average molecular weight is 345 g/mol. The summed E-state index contributed by atoms with van der Waals surface area (Å²) >= 11 is 0. The van der Waals surface area contributed by atoms with Crippen molar-refractivity contribution in [1.82, 2.24) is 9.62 Å². The number of sulfonamides is 1. The number of halogens is 4. The summed E-state index contributed by atoms with van der Waals surface area (Å²) in [6.45, 7) is 0.413. The van der Waals surface area contributed by atoms with Crippen molar-refractivity contribution in [3.8, 4) is 0 Å². The zero-order valence-electron chi connectivity index (χ0n) is 11.3. The van der Waals surface area contributed by atoms with Crippen molar-refractivity contribution in [3.63, 3.8) is 0 Å². The fourth-order valence-electron chi connectivity index (χ4n) is 2.24. The van der Waals surface area contributed by atoms with Crippen LogP contribution in [0.5, 0.6) is 0 Å². The number of nitrogens with zero attached hydrogens (tertiary/aromatic N) is 1. The van der Waals surface area contributed by atoms with Crippen molar-refractivity contribution in [3.05, 3.63) is 29.6 Å². The van der Waals surface area contributed by atoms with Crippen molar-refractivity contribution in [2.75, 3.05) is 20.1 Å². The molecule has 0 aromatic heterocycles. The molecule has 1 aliphatic heterocycles. The van der Waals surface area contributed by atoms with Crippen molar-refractivity contribution in [1.29, 1.82) is 0 Å². The maximum atomic E-state index is 13.7. The molecule has 120 valence electrons. The molecule has 0 bridgehead atoms. The lowest BCUT2D eigenvalue weighted by Gasteiger charge is -2.31. The molecule has 1 aromatic carbocycles. The van der Waals surface area contributed by atoms with E-state index in [2.05, 4.69) is 5.32 Å². The maximum absolute atomic E-state index is 13.7. The highest BCUT2D eigenvalue weighted by Crippen LogP contribution is 2.25. The van der Waals surface area contributed by atoms with E-state index in [1.807, 2.05) is 0 Å². The van der Waals surface area contributed by atoms with E-state index < -0.39 is 32.4 Å². The molecular weight excluding hydrogens is 329 g/mol. The summed E-state index contributed by atoms with van der Waals surface area (Å²) in [5.41, 5.74) is 0. The second kappa shape index (κ2) is 6.95. The lowest BCUT2D eigenvalue weighted by molar-refractivity contribution is 0.291. The molecule has 1 atom stereocenters. The van der Waals surface area contributed by atoms with E-state index in [9.17, 15) is 21.6 Å². The van der Waals surface area contributed by atoms with Gasteiger partial charge in [-0.05, 0) is 32.0 Å². The highest BCUT2D eigenvalue weighted by atomic mass is 35.5. The Morgan fingerprint density at radius 1 is 1.24 bits per heavy atom. The van der Waals surface area contributed by atoms with Gasteiger partial charge in [0.05, 0.1) is 0 Å². The van der Waals surface area contributed by atoms with Crippen molar-refractivity contribution >= 4 is 22.4 Å². The van der Waals surface area contributed by atoms with Gasteiger partial charge in [0, 0.05) is 19.1 Å². The fourth-order valence-corrected chi connectivity index (χ4v) is 3.82. The van der Waals surface area contributed by atoms with Crippen molar-refractivity contribution in [2.24, 2.45) is 0 Å². The minimum absolute atomic E-state index is 0. The van der Waals surface area contributed by atoms with Crippen LogP contribution >= 0.6 is 12.4 Å². The first-order valence-corrected chi connectivity index (χ1v) is 7.63. The lowest BCUT2D eigenvalue weighted by Crippen LogP contribution is -2.47. The van der Waals surface area contributed by atoms with Crippen LogP contribution in [-0.2, 0) is 10.0 Å². The van der Waals surface area contributed by atoms with Gasteiger partial charge in [0.15, 0.2) is 17.5 Å². The van der Waals surface area contributed by atoms with E-state index in [0.29, 0.717) is 12.5 Å².